The molecular weight excluding hydrogens is 269 g/mol. The van der Waals surface area contributed by atoms with Gasteiger partial charge in [-0.05, 0) is 31.0 Å². The molecule has 2 rings (SSSR count). The van der Waals surface area contributed by atoms with Gasteiger partial charge < -0.3 is 5.73 Å². The summed E-state index contributed by atoms with van der Waals surface area (Å²) in [4.78, 5) is 0.655. The van der Waals surface area contributed by atoms with Gasteiger partial charge in [-0.2, -0.15) is 0 Å². The van der Waals surface area contributed by atoms with Gasteiger partial charge in [0.2, 0.25) is 0 Å². The highest BCUT2D eigenvalue weighted by molar-refractivity contribution is 7.99. The van der Waals surface area contributed by atoms with Crippen LogP contribution in [0, 0.1) is 12.7 Å². The number of hydrogen-bond donors (Lipinski definition) is 1. The zero-order valence-electron chi connectivity index (χ0n) is 11.8. The summed E-state index contributed by atoms with van der Waals surface area (Å²) in [5.41, 5.74) is 8.61. The van der Waals surface area contributed by atoms with Gasteiger partial charge in [0.25, 0.3) is 0 Å². The summed E-state index contributed by atoms with van der Waals surface area (Å²) in [7, 11) is 0. The normalized spacial score (nSPS) is 14.0. The Morgan fingerprint density at radius 1 is 1.10 bits per heavy atom. The Morgan fingerprint density at radius 2 is 1.75 bits per heavy atom. The number of thioether (sulfide) groups is 1. The van der Waals surface area contributed by atoms with Crippen LogP contribution in [0.3, 0.4) is 0 Å². The molecule has 2 aromatic carbocycles. The van der Waals surface area contributed by atoms with E-state index in [0.717, 1.165) is 12.0 Å². The lowest BCUT2D eigenvalue weighted by atomic mass is 10.0. The van der Waals surface area contributed by atoms with Crippen LogP contribution in [0.4, 0.5) is 4.39 Å². The van der Waals surface area contributed by atoms with Crippen molar-refractivity contribution in [2.75, 3.05) is 0 Å². The topological polar surface area (TPSA) is 26.0 Å². The molecule has 0 aliphatic heterocycles. The van der Waals surface area contributed by atoms with Crippen LogP contribution in [0.1, 0.15) is 29.7 Å². The van der Waals surface area contributed by atoms with Crippen LogP contribution in [0.5, 0.6) is 0 Å². The number of hydrogen-bond acceptors (Lipinski definition) is 2. The minimum absolute atomic E-state index is 0.00214. The van der Waals surface area contributed by atoms with Crippen LogP contribution < -0.4 is 5.73 Å². The first kappa shape index (κ1) is 15.1. The second kappa shape index (κ2) is 6.91. The molecule has 1 nitrogen and oxygen atoms in total. The van der Waals surface area contributed by atoms with Gasteiger partial charge in [0.1, 0.15) is 5.82 Å². The SMILES string of the molecule is CCC(N)C(Sc1ccccc1F)c1ccc(C)cc1. The van der Waals surface area contributed by atoms with E-state index < -0.39 is 0 Å². The molecule has 20 heavy (non-hydrogen) atoms. The molecule has 3 heteroatoms. The van der Waals surface area contributed by atoms with Crippen molar-refractivity contribution in [2.24, 2.45) is 5.73 Å². The summed E-state index contributed by atoms with van der Waals surface area (Å²) in [6.45, 7) is 4.12. The summed E-state index contributed by atoms with van der Waals surface area (Å²) < 4.78 is 13.8. The molecule has 0 bridgehead atoms. The first-order chi connectivity index (χ1) is 9.61. The van der Waals surface area contributed by atoms with E-state index in [-0.39, 0.29) is 17.1 Å². The molecule has 0 heterocycles. The molecule has 0 aliphatic rings. The Hall–Kier alpha value is -1.32. The Kier molecular flexibility index (Phi) is 5.21. The van der Waals surface area contributed by atoms with Crippen LogP contribution in [0.15, 0.2) is 53.4 Å². The van der Waals surface area contributed by atoms with Gasteiger partial charge in [-0.15, -0.1) is 11.8 Å². The van der Waals surface area contributed by atoms with Gasteiger partial charge in [-0.3, -0.25) is 0 Å². The number of benzene rings is 2. The van der Waals surface area contributed by atoms with Crippen molar-refractivity contribution in [3.05, 3.63) is 65.5 Å². The van der Waals surface area contributed by atoms with Crippen molar-refractivity contribution < 1.29 is 4.39 Å². The molecule has 0 radical (unpaired) electrons. The zero-order chi connectivity index (χ0) is 14.5. The second-order valence-corrected chi connectivity index (χ2v) is 6.14. The van der Waals surface area contributed by atoms with E-state index in [4.69, 9.17) is 5.73 Å². The zero-order valence-corrected chi connectivity index (χ0v) is 12.7. The van der Waals surface area contributed by atoms with E-state index >= 15 is 0 Å². The van der Waals surface area contributed by atoms with Crippen molar-refractivity contribution in [2.45, 2.75) is 36.5 Å². The molecule has 2 unspecified atom stereocenters. The maximum atomic E-state index is 13.8. The van der Waals surface area contributed by atoms with E-state index in [9.17, 15) is 4.39 Å². The minimum Gasteiger partial charge on any atom is -0.326 e. The highest BCUT2D eigenvalue weighted by atomic mass is 32.2. The van der Waals surface area contributed by atoms with Crippen LogP contribution in [0.25, 0.3) is 0 Å². The Labute approximate surface area is 124 Å². The highest BCUT2D eigenvalue weighted by Crippen LogP contribution is 2.39. The fourth-order valence-corrected chi connectivity index (χ4v) is 3.32. The van der Waals surface area contributed by atoms with Crippen molar-refractivity contribution >= 4 is 11.8 Å². The first-order valence-corrected chi connectivity index (χ1v) is 7.73. The van der Waals surface area contributed by atoms with Crippen molar-refractivity contribution in [1.82, 2.24) is 0 Å². The molecule has 2 aromatic rings. The van der Waals surface area contributed by atoms with Gasteiger partial charge in [-0.1, -0.05) is 48.9 Å². The predicted molar refractivity (Wildman–Crippen MR) is 84.4 cm³/mol. The fourth-order valence-electron chi connectivity index (χ4n) is 2.05. The summed E-state index contributed by atoms with van der Waals surface area (Å²) in [6, 6.07) is 15.2. The van der Waals surface area contributed by atoms with Gasteiger partial charge in [0, 0.05) is 16.2 Å². The molecule has 2 atom stereocenters. The second-order valence-electron chi connectivity index (χ2n) is 4.95. The standard InChI is InChI=1S/C17H20FNS/c1-3-15(19)17(13-10-8-12(2)9-11-13)20-16-7-5-4-6-14(16)18/h4-11,15,17H,3,19H2,1-2H3. The summed E-state index contributed by atoms with van der Waals surface area (Å²) in [5.74, 6) is -0.182. The van der Waals surface area contributed by atoms with Gasteiger partial charge in [0.05, 0.1) is 0 Å². The average Bonchev–Trinajstić information content (AvgIpc) is 2.47. The molecule has 0 fully saturated rings. The van der Waals surface area contributed by atoms with E-state index in [1.807, 2.05) is 12.1 Å². The van der Waals surface area contributed by atoms with Crippen LogP contribution >= 0.6 is 11.8 Å². The maximum Gasteiger partial charge on any atom is 0.136 e. The predicted octanol–water partition coefficient (Wildman–Crippen LogP) is 4.70. The van der Waals surface area contributed by atoms with Gasteiger partial charge in [-0.25, -0.2) is 4.39 Å². The van der Waals surface area contributed by atoms with Crippen molar-refractivity contribution in [3.63, 3.8) is 0 Å². The number of aryl methyl sites for hydroxylation is 1. The third-order valence-corrected chi connectivity index (χ3v) is 4.82. The van der Waals surface area contributed by atoms with Gasteiger partial charge >= 0.3 is 0 Å². The molecule has 0 saturated carbocycles. The smallest absolute Gasteiger partial charge is 0.136 e. The van der Waals surface area contributed by atoms with E-state index in [0.29, 0.717) is 4.90 Å². The summed E-state index contributed by atoms with van der Waals surface area (Å²) >= 11 is 1.51. The number of rotatable bonds is 5. The van der Waals surface area contributed by atoms with Crippen LogP contribution in [0.2, 0.25) is 0 Å². The van der Waals surface area contributed by atoms with E-state index in [2.05, 4.69) is 38.1 Å². The van der Waals surface area contributed by atoms with Crippen LogP contribution in [-0.2, 0) is 0 Å². The summed E-state index contributed by atoms with van der Waals surface area (Å²) in [5, 5.41) is 0.0671. The van der Waals surface area contributed by atoms with E-state index in [1.165, 1.54) is 23.4 Å². The number of nitrogens with two attached hydrogens (primary N) is 1. The molecule has 0 spiro atoms. The average molecular weight is 289 g/mol. The van der Waals surface area contributed by atoms with Gasteiger partial charge in [0.15, 0.2) is 0 Å². The highest BCUT2D eigenvalue weighted by Gasteiger charge is 2.21. The molecule has 2 N–H and O–H groups in total. The third kappa shape index (κ3) is 3.62. The Balaban J connectivity index is 2.29. The largest absolute Gasteiger partial charge is 0.326 e. The number of halogens is 1. The quantitative estimate of drug-likeness (QED) is 0.807. The third-order valence-electron chi connectivity index (χ3n) is 3.36. The maximum absolute atomic E-state index is 13.8. The monoisotopic (exact) mass is 289 g/mol. The fraction of sp³-hybridized carbons (Fsp3) is 0.294. The lowest BCUT2D eigenvalue weighted by Gasteiger charge is -2.23. The van der Waals surface area contributed by atoms with Crippen LogP contribution in [-0.4, -0.2) is 6.04 Å². The molecule has 0 aliphatic carbocycles. The van der Waals surface area contributed by atoms with Crippen molar-refractivity contribution in [3.8, 4) is 0 Å². The van der Waals surface area contributed by atoms with Crippen molar-refractivity contribution in [1.29, 1.82) is 0 Å². The molecule has 0 saturated heterocycles. The lowest BCUT2D eigenvalue weighted by Crippen LogP contribution is -2.25. The Morgan fingerprint density at radius 3 is 2.35 bits per heavy atom. The lowest BCUT2D eigenvalue weighted by molar-refractivity contribution is 0.597. The molecule has 0 amide bonds. The molecular formula is C17H20FNS. The summed E-state index contributed by atoms with van der Waals surface area (Å²) in [6.07, 6.45) is 0.861. The minimum atomic E-state index is -0.182. The van der Waals surface area contributed by atoms with E-state index in [1.54, 1.807) is 6.07 Å². The first-order valence-electron chi connectivity index (χ1n) is 6.85. The molecule has 106 valence electrons. The molecule has 0 aromatic heterocycles. The Bertz CT molecular complexity index is 553.